The van der Waals surface area contributed by atoms with Gasteiger partial charge < -0.3 is 9.88 Å². The molecule has 0 bridgehead atoms. The zero-order valence-electron chi connectivity index (χ0n) is 12.0. The van der Waals surface area contributed by atoms with E-state index in [1.165, 1.54) is 0 Å². The number of pyridine rings is 1. The highest BCUT2D eigenvalue weighted by Gasteiger charge is 2.19. The fourth-order valence-electron chi connectivity index (χ4n) is 2.90. The number of aryl methyl sites for hydroxylation is 1. The van der Waals surface area contributed by atoms with Gasteiger partial charge in [0.05, 0.1) is 5.56 Å². The van der Waals surface area contributed by atoms with Crippen molar-refractivity contribution < 1.29 is 4.79 Å². The monoisotopic (exact) mass is 296 g/mol. The third-order valence-electron chi connectivity index (χ3n) is 4.14. The van der Waals surface area contributed by atoms with E-state index in [2.05, 4.69) is 25.1 Å². The molecule has 1 N–H and O–H groups in total. The van der Waals surface area contributed by atoms with Crippen molar-refractivity contribution in [1.29, 1.82) is 0 Å². The van der Waals surface area contributed by atoms with Crippen molar-refractivity contribution in [1.82, 2.24) is 29.5 Å². The Morgan fingerprint density at radius 3 is 3.32 bits per heavy atom. The Morgan fingerprint density at radius 2 is 2.36 bits per heavy atom. The van der Waals surface area contributed by atoms with Crippen LogP contribution in [-0.2, 0) is 13.0 Å². The predicted octanol–water partition coefficient (Wildman–Crippen LogP) is 0.918. The molecule has 1 aliphatic heterocycles. The lowest BCUT2D eigenvalue weighted by Crippen LogP contribution is -2.33. The van der Waals surface area contributed by atoms with Crippen LogP contribution in [0.15, 0.2) is 37.1 Å². The third kappa shape index (κ3) is 2.34. The van der Waals surface area contributed by atoms with Crippen LogP contribution in [0.2, 0.25) is 0 Å². The SMILES string of the molecule is O=C(NC[C@@H]1CCc2nccn2C1)c1ccc2nncn2c1. The molecule has 7 heteroatoms. The van der Waals surface area contributed by atoms with Crippen molar-refractivity contribution in [3.8, 4) is 0 Å². The summed E-state index contributed by atoms with van der Waals surface area (Å²) in [7, 11) is 0. The van der Waals surface area contributed by atoms with Gasteiger partial charge in [0.15, 0.2) is 5.65 Å². The highest BCUT2D eigenvalue weighted by Crippen LogP contribution is 2.18. The molecule has 22 heavy (non-hydrogen) atoms. The summed E-state index contributed by atoms with van der Waals surface area (Å²) in [5.41, 5.74) is 1.35. The molecule has 3 aromatic rings. The van der Waals surface area contributed by atoms with Crippen molar-refractivity contribution >= 4 is 11.6 Å². The zero-order chi connectivity index (χ0) is 14.9. The van der Waals surface area contributed by atoms with E-state index < -0.39 is 0 Å². The first-order valence-corrected chi connectivity index (χ1v) is 7.37. The summed E-state index contributed by atoms with van der Waals surface area (Å²) in [6.45, 7) is 1.59. The summed E-state index contributed by atoms with van der Waals surface area (Å²) in [5, 5.41) is 10.8. The number of aromatic nitrogens is 5. The lowest BCUT2D eigenvalue weighted by molar-refractivity contribution is 0.0943. The Labute approximate surface area is 127 Å². The topological polar surface area (TPSA) is 77.1 Å². The van der Waals surface area contributed by atoms with Gasteiger partial charge >= 0.3 is 0 Å². The average molecular weight is 296 g/mol. The van der Waals surface area contributed by atoms with Crippen molar-refractivity contribution in [2.75, 3.05) is 6.54 Å². The third-order valence-corrected chi connectivity index (χ3v) is 4.14. The summed E-state index contributed by atoms with van der Waals surface area (Å²) >= 11 is 0. The molecule has 4 rings (SSSR count). The Kier molecular flexibility index (Phi) is 3.10. The van der Waals surface area contributed by atoms with Crippen molar-refractivity contribution in [2.45, 2.75) is 19.4 Å². The van der Waals surface area contributed by atoms with Crippen LogP contribution in [0.4, 0.5) is 0 Å². The van der Waals surface area contributed by atoms with Crippen LogP contribution >= 0.6 is 0 Å². The number of nitrogens with zero attached hydrogens (tertiary/aromatic N) is 5. The van der Waals surface area contributed by atoms with Crippen LogP contribution in [-0.4, -0.2) is 36.6 Å². The maximum Gasteiger partial charge on any atom is 0.252 e. The van der Waals surface area contributed by atoms with Gasteiger partial charge in [0, 0.05) is 38.1 Å². The molecule has 7 nitrogen and oxygen atoms in total. The summed E-state index contributed by atoms with van der Waals surface area (Å²) < 4.78 is 3.91. The molecule has 0 spiro atoms. The molecule has 0 radical (unpaired) electrons. The largest absolute Gasteiger partial charge is 0.352 e. The standard InChI is InChI=1S/C15H16N6O/c22-15(12-2-4-14-19-18-10-21(14)9-12)17-7-11-1-3-13-16-5-6-20(13)8-11/h2,4-6,9-11H,1,3,7-8H2,(H,17,22)/t11-/m0/s1. The van der Waals surface area contributed by atoms with Crippen LogP contribution in [0, 0.1) is 5.92 Å². The fraction of sp³-hybridized carbons (Fsp3) is 0.333. The van der Waals surface area contributed by atoms with Gasteiger partial charge in [-0.15, -0.1) is 10.2 Å². The lowest BCUT2D eigenvalue weighted by Gasteiger charge is -2.23. The van der Waals surface area contributed by atoms with E-state index in [0.29, 0.717) is 18.0 Å². The molecule has 0 aromatic carbocycles. The number of amides is 1. The minimum absolute atomic E-state index is 0.0629. The van der Waals surface area contributed by atoms with E-state index in [9.17, 15) is 4.79 Å². The summed E-state index contributed by atoms with van der Waals surface area (Å²) in [6, 6.07) is 3.56. The van der Waals surface area contributed by atoms with E-state index in [-0.39, 0.29) is 5.91 Å². The Hall–Kier alpha value is -2.70. The molecule has 1 aliphatic rings. The quantitative estimate of drug-likeness (QED) is 0.779. The molecule has 1 amide bonds. The number of nitrogens with one attached hydrogen (secondary N) is 1. The molecule has 0 fully saturated rings. The molecular weight excluding hydrogens is 280 g/mol. The van der Waals surface area contributed by atoms with Crippen molar-refractivity contribution in [3.63, 3.8) is 0 Å². The van der Waals surface area contributed by atoms with Crippen LogP contribution < -0.4 is 5.32 Å². The van der Waals surface area contributed by atoms with E-state index in [1.54, 1.807) is 29.1 Å². The number of rotatable bonds is 3. The molecule has 4 heterocycles. The van der Waals surface area contributed by atoms with Crippen LogP contribution in [0.3, 0.4) is 0 Å². The second-order valence-electron chi connectivity index (χ2n) is 5.62. The molecular formula is C15H16N6O. The minimum Gasteiger partial charge on any atom is -0.352 e. The Morgan fingerprint density at radius 1 is 1.41 bits per heavy atom. The van der Waals surface area contributed by atoms with Gasteiger partial charge in [0.2, 0.25) is 0 Å². The van der Waals surface area contributed by atoms with Crippen LogP contribution in [0.5, 0.6) is 0 Å². The van der Waals surface area contributed by atoms with E-state index >= 15 is 0 Å². The fourth-order valence-corrected chi connectivity index (χ4v) is 2.90. The van der Waals surface area contributed by atoms with Crippen LogP contribution in [0.25, 0.3) is 5.65 Å². The van der Waals surface area contributed by atoms with E-state index in [1.807, 2.05) is 12.4 Å². The molecule has 3 aromatic heterocycles. The summed E-state index contributed by atoms with van der Waals surface area (Å²) in [5.74, 6) is 1.52. The molecule has 1 atom stereocenters. The zero-order valence-corrected chi connectivity index (χ0v) is 12.0. The first kappa shape index (κ1) is 13.0. The van der Waals surface area contributed by atoms with Gasteiger partial charge in [-0.3, -0.25) is 9.20 Å². The van der Waals surface area contributed by atoms with Gasteiger partial charge in [-0.1, -0.05) is 0 Å². The van der Waals surface area contributed by atoms with Gasteiger partial charge in [0.1, 0.15) is 12.2 Å². The second-order valence-corrected chi connectivity index (χ2v) is 5.62. The van der Waals surface area contributed by atoms with Crippen LogP contribution in [0.1, 0.15) is 22.6 Å². The molecule has 0 saturated heterocycles. The highest BCUT2D eigenvalue weighted by atomic mass is 16.1. The van der Waals surface area contributed by atoms with E-state index in [0.717, 1.165) is 30.9 Å². The van der Waals surface area contributed by atoms with Gasteiger partial charge in [0.25, 0.3) is 5.91 Å². The molecule has 112 valence electrons. The molecule has 0 unspecified atom stereocenters. The van der Waals surface area contributed by atoms with Gasteiger partial charge in [-0.25, -0.2) is 4.98 Å². The summed E-state index contributed by atoms with van der Waals surface area (Å²) in [6.07, 6.45) is 9.21. The first-order chi connectivity index (χ1) is 10.8. The number of carbonyl (C=O) groups is 1. The molecule has 0 saturated carbocycles. The summed E-state index contributed by atoms with van der Waals surface area (Å²) in [4.78, 5) is 16.6. The maximum absolute atomic E-state index is 12.3. The van der Waals surface area contributed by atoms with Gasteiger partial charge in [-0.05, 0) is 24.5 Å². The number of hydrogen-bond donors (Lipinski definition) is 1. The molecule has 0 aliphatic carbocycles. The second kappa shape index (κ2) is 5.25. The Bertz CT molecular complexity index is 820. The normalized spacial score (nSPS) is 17.4. The predicted molar refractivity (Wildman–Crippen MR) is 79.4 cm³/mol. The first-order valence-electron chi connectivity index (χ1n) is 7.37. The highest BCUT2D eigenvalue weighted by molar-refractivity contribution is 5.94. The minimum atomic E-state index is -0.0629. The number of imidazole rings is 1. The number of fused-ring (bicyclic) bond motifs is 2. The Balaban J connectivity index is 1.40. The van der Waals surface area contributed by atoms with Crippen molar-refractivity contribution in [2.24, 2.45) is 5.92 Å². The van der Waals surface area contributed by atoms with E-state index in [4.69, 9.17) is 0 Å². The average Bonchev–Trinajstić information content (AvgIpc) is 3.19. The number of hydrogen-bond acceptors (Lipinski definition) is 4. The lowest BCUT2D eigenvalue weighted by atomic mass is 9.99. The van der Waals surface area contributed by atoms with Crippen molar-refractivity contribution in [3.05, 3.63) is 48.4 Å². The van der Waals surface area contributed by atoms with Gasteiger partial charge in [-0.2, -0.15) is 0 Å². The maximum atomic E-state index is 12.3. The smallest absolute Gasteiger partial charge is 0.252 e. The number of carbonyl (C=O) groups excluding carboxylic acids is 1.